The van der Waals surface area contributed by atoms with Crippen molar-refractivity contribution in [3.8, 4) is 0 Å². The second-order valence-electron chi connectivity index (χ2n) is 7.61. The van der Waals surface area contributed by atoms with Crippen molar-refractivity contribution in [2.24, 2.45) is 0 Å². The summed E-state index contributed by atoms with van der Waals surface area (Å²) in [4.78, 5) is 19.7. The van der Waals surface area contributed by atoms with Crippen molar-refractivity contribution in [2.45, 2.75) is 38.8 Å². The number of fused-ring (bicyclic) bond motifs is 1. The van der Waals surface area contributed by atoms with Gasteiger partial charge in [-0.15, -0.1) is 0 Å². The van der Waals surface area contributed by atoms with Crippen molar-refractivity contribution in [2.75, 3.05) is 18.0 Å². The molecule has 6 heteroatoms. The molecule has 4 rings (SSSR count). The second kappa shape index (κ2) is 7.95. The standard InChI is InChI=1S/C22H25BrN4O/c1-15(2)27-20-6-4-3-5-19(20)25-22(27)26-13-11-18(12-14-26)24-21(28)16-7-9-17(23)10-8-16/h3-10,15,18H,11-14H2,1-2H3,(H,24,28). The molecule has 1 N–H and O–H groups in total. The molecule has 28 heavy (non-hydrogen) atoms. The molecule has 3 aromatic rings. The molecule has 0 unspecified atom stereocenters. The molecule has 0 atom stereocenters. The number of benzene rings is 2. The predicted molar refractivity (Wildman–Crippen MR) is 117 cm³/mol. The summed E-state index contributed by atoms with van der Waals surface area (Å²) in [5.74, 6) is 1.04. The Hall–Kier alpha value is -2.34. The van der Waals surface area contributed by atoms with Crippen LogP contribution in [0.3, 0.4) is 0 Å². The van der Waals surface area contributed by atoms with Gasteiger partial charge in [0.15, 0.2) is 0 Å². The third-order valence-corrected chi connectivity index (χ3v) is 5.84. The largest absolute Gasteiger partial charge is 0.349 e. The summed E-state index contributed by atoms with van der Waals surface area (Å²) in [5, 5.41) is 3.18. The number of hydrogen-bond donors (Lipinski definition) is 1. The SMILES string of the molecule is CC(C)n1c(N2CCC(NC(=O)c3ccc(Br)cc3)CC2)nc2ccccc21. The van der Waals surface area contributed by atoms with Crippen LogP contribution in [0.2, 0.25) is 0 Å². The smallest absolute Gasteiger partial charge is 0.251 e. The molecule has 1 aromatic heterocycles. The van der Waals surface area contributed by atoms with Crippen molar-refractivity contribution in [3.63, 3.8) is 0 Å². The molecule has 0 aliphatic carbocycles. The monoisotopic (exact) mass is 440 g/mol. The topological polar surface area (TPSA) is 50.2 Å². The molecule has 0 saturated carbocycles. The molecule has 2 aromatic carbocycles. The van der Waals surface area contributed by atoms with Crippen LogP contribution in [0.25, 0.3) is 11.0 Å². The number of para-hydroxylation sites is 2. The Morgan fingerprint density at radius 3 is 2.46 bits per heavy atom. The molecule has 0 radical (unpaired) electrons. The first-order chi connectivity index (χ1) is 13.5. The number of amides is 1. The summed E-state index contributed by atoms with van der Waals surface area (Å²) in [6.07, 6.45) is 1.84. The van der Waals surface area contributed by atoms with Crippen molar-refractivity contribution < 1.29 is 4.79 Å². The van der Waals surface area contributed by atoms with Crippen LogP contribution in [-0.2, 0) is 0 Å². The second-order valence-corrected chi connectivity index (χ2v) is 8.52. The number of carbonyl (C=O) groups is 1. The minimum atomic E-state index is 0.000342. The van der Waals surface area contributed by atoms with Gasteiger partial charge in [-0.1, -0.05) is 28.1 Å². The van der Waals surface area contributed by atoms with Crippen LogP contribution < -0.4 is 10.2 Å². The van der Waals surface area contributed by atoms with E-state index in [2.05, 4.69) is 62.8 Å². The van der Waals surface area contributed by atoms with Crippen LogP contribution >= 0.6 is 15.9 Å². The first-order valence-electron chi connectivity index (χ1n) is 9.81. The lowest BCUT2D eigenvalue weighted by Crippen LogP contribution is -2.45. The lowest BCUT2D eigenvalue weighted by atomic mass is 10.0. The van der Waals surface area contributed by atoms with Crippen LogP contribution in [0.15, 0.2) is 53.0 Å². The molecule has 1 amide bonds. The van der Waals surface area contributed by atoms with Crippen molar-refractivity contribution >= 4 is 38.8 Å². The maximum absolute atomic E-state index is 12.5. The highest BCUT2D eigenvalue weighted by Gasteiger charge is 2.25. The van der Waals surface area contributed by atoms with Gasteiger partial charge in [-0.05, 0) is 63.1 Å². The predicted octanol–water partition coefficient (Wildman–Crippen LogP) is 4.78. The fraction of sp³-hybridized carbons (Fsp3) is 0.364. The van der Waals surface area contributed by atoms with Crippen LogP contribution in [0, 0.1) is 0 Å². The summed E-state index contributed by atoms with van der Waals surface area (Å²) >= 11 is 3.41. The van der Waals surface area contributed by atoms with E-state index < -0.39 is 0 Å². The lowest BCUT2D eigenvalue weighted by molar-refractivity contribution is 0.0931. The molecule has 1 saturated heterocycles. The van der Waals surface area contributed by atoms with Gasteiger partial charge in [-0.2, -0.15) is 0 Å². The van der Waals surface area contributed by atoms with E-state index in [9.17, 15) is 4.79 Å². The van der Waals surface area contributed by atoms with Gasteiger partial charge in [0, 0.05) is 35.2 Å². The van der Waals surface area contributed by atoms with E-state index in [1.807, 2.05) is 30.3 Å². The number of carbonyl (C=O) groups excluding carboxylic acids is 1. The number of anilines is 1. The molecular weight excluding hydrogens is 416 g/mol. The third-order valence-electron chi connectivity index (χ3n) is 5.31. The van der Waals surface area contributed by atoms with Gasteiger partial charge in [0.25, 0.3) is 5.91 Å². The molecule has 2 heterocycles. The van der Waals surface area contributed by atoms with Gasteiger partial charge < -0.3 is 14.8 Å². The van der Waals surface area contributed by atoms with Gasteiger partial charge in [0.05, 0.1) is 11.0 Å². The summed E-state index contributed by atoms with van der Waals surface area (Å²) in [6.45, 7) is 6.17. The molecule has 1 aliphatic rings. The molecule has 146 valence electrons. The number of nitrogens with one attached hydrogen (secondary N) is 1. The van der Waals surface area contributed by atoms with Gasteiger partial charge >= 0.3 is 0 Å². The van der Waals surface area contributed by atoms with Crippen LogP contribution in [0.1, 0.15) is 43.1 Å². The Morgan fingerprint density at radius 1 is 1.11 bits per heavy atom. The Bertz CT molecular complexity index is 972. The Labute approximate surface area is 173 Å². The zero-order chi connectivity index (χ0) is 19.7. The number of hydrogen-bond acceptors (Lipinski definition) is 3. The molecule has 1 aliphatic heterocycles. The number of aromatic nitrogens is 2. The third kappa shape index (κ3) is 3.78. The molecule has 0 spiro atoms. The highest BCUT2D eigenvalue weighted by molar-refractivity contribution is 9.10. The fourth-order valence-corrected chi connectivity index (χ4v) is 4.12. The summed E-state index contributed by atoms with van der Waals surface area (Å²) in [7, 11) is 0. The number of halogens is 1. The number of rotatable bonds is 4. The van der Waals surface area contributed by atoms with E-state index in [1.165, 1.54) is 5.52 Å². The minimum absolute atomic E-state index is 0.000342. The number of imidazole rings is 1. The molecule has 1 fully saturated rings. The van der Waals surface area contributed by atoms with Crippen LogP contribution in [0.4, 0.5) is 5.95 Å². The van der Waals surface area contributed by atoms with Gasteiger partial charge in [0.2, 0.25) is 5.95 Å². The summed E-state index contributed by atoms with van der Waals surface area (Å²) in [5.41, 5.74) is 2.92. The summed E-state index contributed by atoms with van der Waals surface area (Å²) < 4.78 is 3.29. The van der Waals surface area contributed by atoms with Gasteiger partial charge in [-0.25, -0.2) is 4.98 Å². The van der Waals surface area contributed by atoms with E-state index in [0.29, 0.717) is 11.6 Å². The average Bonchev–Trinajstić information content (AvgIpc) is 3.09. The first-order valence-corrected chi connectivity index (χ1v) is 10.6. The van der Waals surface area contributed by atoms with Crippen molar-refractivity contribution in [1.29, 1.82) is 0 Å². The van der Waals surface area contributed by atoms with E-state index >= 15 is 0 Å². The Morgan fingerprint density at radius 2 is 1.79 bits per heavy atom. The maximum atomic E-state index is 12.5. The zero-order valence-electron chi connectivity index (χ0n) is 16.2. The van der Waals surface area contributed by atoms with Crippen molar-refractivity contribution in [3.05, 3.63) is 58.6 Å². The lowest BCUT2D eigenvalue weighted by Gasteiger charge is -2.34. The van der Waals surface area contributed by atoms with E-state index in [0.717, 1.165) is 41.9 Å². The van der Waals surface area contributed by atoms with E-state index in [4.69, 9.17) is 4.98 Å². The average molecular weight is 441 g/mol. The van der Waals surface area contributed by atoms with E-state index in [-0.39, 0.29) is 11.9 Å². The molecule has 0 bridgehead atoms. The van der Waals surface area contributed by atoms with E-state index in [1.54, 1.807) is 0 Å². The Balaban J connectivity index is 1.44. The number of piperidine rings is 1. The quantitative estimate of drug-likeness (QED) is 0.634. The Kier molecular flexibility index (Phi) is 5.40. The van der Waals surface area contributed by atoms with Crippen molar-refractivity contribution in [1.82, 2.24) is 14.9 Å². The minimum Gasteiger partial charge on any atom is -0.349 e. The van der Waals surface area contributed by atoms with Crippen LogP contribution in [-0.4, -0.2) is 34.6 Å². The zero-order valence-corrected chi connectivity index (χ0v) is 17.8. The molecule has 5 nitrogen and oxygen atoms in total. The highest BCUT2D eigenvalue weighted by atomic mass is 79.9. The fourth-order valence-electron chi connectivity index (χ4n) is 3.86. The van der Waals surface area contributed by atoms with Gasteiger partial charge in [0.1, 0.15) is 0 Å². The normalized spacial score (nSPS) is 15.4. The summed E-state index contributed by atoms with van der Waals surface area (Å²) in [6, 6.07) is 16.3. The first kappa shape index (κ1) is 19.0. The van der Waals surface area contributed by atoms with Gasteiger partial charge in [-0.3, -0.25) is 4.79 Å². The highest BCUT2D eigenvalue weighted by Crippen LogP contribution is 2.28. The maximum Gasteiger partial charge on any atom is 0.251 e. The molecular formula is C22H25BrN4O. The van der Waals surface area contributed by atoms with Crippen LogP contribution in [0.5, 0.6) is 0 Å². The number of nitrogens with zero attached hydrogens (tertiary/aromatic N) is 3.